The third-order valence-corrected chi connectivity index (χ3v) is 2.31. The van der Waals surface area contributed by atoms with Gasteiger partial charge in [0, 0.05) is 11.3 Å². The summed E-state index contributed by atoms with van der Waals surface area (Å²) in [5.74, 6) is 0.503. The Kier molecular flexibility index (Phi) is 3.26. The second kappa shape index (κ2) is 4.24. The Morgan fingerprint density at radius 2 is 2.31 bits per heavy atom. The average Bonchev–Trinajstić information content (AvgIpc) is 2.16. The van der Waals surface area contributed by atoms with E-state index in [0.717, 1.165) is 11.3 Å². The summed E-state index contributed by atoms with van der Waals surface area (Å²) >= 11 is 3.22. The minimum Gasteiger partial charge on any atom is -0.481 e. The Morgan fingerprint density at radius 1 is 1.62 bits per heavy atom. The number of hydrogen-bond donors (Lipinski definition) is 0. The standard InChI is InChI=1S/C9H9BrN2O/c1-6-3-4-7(8(10)5-11)9(12-6)13-2/h3-4,8H,1-2H3. The molecule has 0 saturated carbocycles. The Morgan fingerprint density at radius 3 is 2.85 bits per heavy atom. The number of alkyl halides is 1. The highest BCUT2D eigenvalue weighted by atomic mass is 79.9. The van der Waals surface area contributed by atoms with Crippen molar-refractivity contribution < 1.29 is 4.74 Å². The van der Waals surface area contributed by atoms with Crippen molar-refractivity contribution in [2.75, 3.05) is 7.11 Å². The van der Waals surface area contributed by atoms with Crippen LogP contribution in [-0.2, 0) is 0 Å². The molecule has 3 nitrogen and oxygen atoms in total. The van der Waals surface area contributed by atoms with Gasteiger partial charge in [-0.2, -0.15) is 5.26 Å². The molecule has 1 rings (SSSR count). The van der Waals surface area contributed by atoms with Gasteiger partial charge in [0.2, 0.25) is 5.88 Å². The van der Waals surface area contributed by atoms with E-state index in [-0.39, 0.29) is 4.83 Å². The molecule has 0 radical (unpaired) electrons. The van der Waals surface area contributed by atoms with Crippen molar-refractivity contribution in [3.63, 3.8) is 0 Å². The average molecular weight is 241 g/mol. The molecule has 0 aliphatic carbocycles. The molecule has 4 heteroatoms. The van der Waals surface area contributed by atoms with Crippen LogP contribution >= 0.6 is 15.9 Å². The summed E-state index contributed by atoms with van der Waals surface area (Å²) in [6, 6.07) is 5.76. The number of halogens is 1. The number of nitrogens with zero attached hydrogens (tertiary/aromatic N) is 2. The van der Waals surface area contributed by atoms with Crippen LogP contribution in [0.2, 0.25) is 0 Å². The Hall–Kier alpha value is -1.08. The van der Waals surface area contributed by atoms with Gasteiger partial charge in [-0.1, -0.05) is 15.9 Å². The van der Waals surface area contributed by atoms with Crippen LogP contribution < -0.4 is 4.74 Å². The summed E-state index contributed by atoms with van der Waals surface area (Å²) in [7, 11) is 1.54. The first-order chi connectivity index (χ1) is 6.19. The van der Waals surface area contributed by atoms with Crippen molar-refractivity contribution in [2.24, 2.45) is 0 Å². The van der Waals surface area contributed by atoms with Crippen LogP contribution in [0.15, 0.2) is 12.1 Å². The van der Waals surface area contributed by atoms with Crippen LogP contribution in [0.3, 0.4) is 0 Å². The number of aromatic nitrogens is 1. The predicted octanol–water partition coefficient (Wildman–Crippen LogP) is 2.36. The third-order valence-electron chi connectivity index (χ3n) is 1.61. The molecule has 1 atom stereocenters. The van der Waals surface area contributed by atoms with Crippen LogP contribution in [0.5, 0.6) is 5.88 Å². The molecular formula is C9H9BrN2O. The molecule has 0 spiro atoms. The highest BCUT2D eigenvalue weighted by Crippen LogP contribution is 2.28. The van der Waals surface area contributed by atoms with Gasteiger partial charge in [0.1, 0.15) is 4.83 Å². The predicted molar refractivity (Wildman–Crippen MR) is 52.8 cm³/mol. The molecule has 0 aromatic carbocycles. The van der Waals surface area contributed by atoms with Crippen LogP contribution in [-0.4, -0.2) is 12.1 Å². The molecule has 0 saturated heterocycles. The van der Waals surface area contributed by atoms with E-state index in [0.29, 0.717) is 5.88 Å². The summed E-state index contributed by atoms with van der Waals surface area (Å²) in [6.45, 7) is 1.88. The lowest BCUT2D eigenvalue weighted by Crippen LogP contribution is -1.97. The summed E-state index contributed by atoms with van der Waals surface area (Å²) in [5, 5.41) is 8.70. The summed E-state index contributed by atoms with van der Waals surface area (Å²) in [5.41, 5.74) is 1.63. The van der Waals surface area contributed by atoms with Gasteiger partial charge in [0.05, 0.1) is 13.2 Å². The smallest absolute Gasteiger partial charge is 0.218 e. The minimum atomic E-state index is -0.365. The lowest BCUT2D eigenvalue weighted by molar-refractivity contribution is 0.392. The molecular weight excluding hydrogens is 232 g/mol. The molecule has 0 aliphatic rings. The van der Waals surface area contributed by atoms with Crippen LogP contribution in [0.25, 0.3) is 0 Å². The number of ether oxygens (including phenoxy) is 1. The second-order valence-electron chi connectivity index (χ2n) is 2.54. The fourth-order valence-corrected chi connectivity index (χ4v) is 1.32. The topological polar surface area (TPSA) is 45.9 Å². The zero-order chi connectivity index (χ0) is 9.84. The first-order valence-electron chi connectivity index (χ1n) is 3.74. The maximum atomic E-state index is 8.70. The van der Waals surface area contributed by atoms with Gasteiger partial charge < -0.3 is 4.74 Å². The van der Waals surface area contributed by atoms with Gasteiger partial charge in [-0.05, 0) is 19.1 Å². The summed E-state index contributed by atoms with van der Waals surface area (Å²) in [4.78, 5) is 3.79. The molecule has 13 heavy (non-hydrogen) atoms. The van der Waals surface area contributed by atoms with E-state index in [2.05, 4.69) is 27.0 Å². The maximum Gasteiger partial charge on any atom is 0.218 e. The molecule has 68 valence electrons. The van der Waals surface area contributed by atoms with Gasteiger partial charge in [-0.3, -0.25) is 0 Å². The van der Waals surface area contributed by atoms with Crippen LogP contribution in [0.1, 0.15) is 16.1 Å². The normalized spacial score (nSPS) is 11.8. The Balaban J connectivity index is 3.15. The number of methoxy groups -OCH3 is 1. The number of pyridine rings is 1. The molecule has 1 aromatic heterocycles. The van der Waals surface area contributed by atoms with Gasteiger partial charge >= 0.3 is 0 Å². The van der Waals surface area contributed by atoms with Crippen LogP contribution in [0.4, 0.5) is 0 Å². The van der Waals surface area contributed by atoms with Gasteiger partial charge in [-0.25, -0.2) is 4.98 Å². The van der Waals surface area contributed by atoms with Crippen molar-refractivity contribution in [2.45, 2.75) is 11.8 Å². The molecule has 0 N–H and O–H groups in total. The van der Waals surface area contributed by atoms with Crippen molar-refractivity contribution in [1.29, 1.82) is 5.26 Å². The fraction of sp³-hybridized carbons (Fsp3) is 0.333. The lowest BCUT2D eigenvalue weighted by Gasteiger charge is -2.07. The SMILES string of the molecule is COc1nc(C)ccc1C(Br)C#N. The minimum absolute atomic E-state index is 0.365. The van der Waals surface area contributed by atoms with E-state index in [1.807, 2.05) is 19.1 Å². The Labute approximate surface area is 85.5 Å². The van der Waals surface area contributed by atoms with Crippen LogP contribution in [0, 0.1) is 18.3 Å². The van der Waals surface area contributed by atoms with Gasteiger partial charge in [0.15, 0.2) is 0 Å². The fourth-order valence-electron chi connectivity index (χ4n) is 0.970. The Bertz CT molecular complexity index is 346. The molecule has 0 amide bonds. The highest BCUT2D eigenvalue weighted by Gasteiger charge is 2.12. The van der Waals surface area contributed by atoms with Crippen molar-refractivity contribution in [1.82, 2.24) is 4.98 Å². The maximum absolute atomic E-state index is 8.70. The van der Waals surface area contributed by atoms with E-state index < -0.39 is 0 Å². The van der Waals surface area contributed by atoms with E-state index in [9.17, 15) is 0 Å². The first-order valence-corrected chi connectivity index (χ1v) is 4.66. The molecule has 0 bridgehead atoms. The summed E-state index contributed by atoms with van der Waals surface area (Å²) in [6.07, 6.45) is 0. The largest absolute Gasteiger partial charge is 0.481 e. The highest BCUT2D eigenvalue weighted by molar-refractivity contribution is 9.09. The van der Waals surface area contributed by atoms with E-state index in [1.165, 1.54) is 0 Å². The third kappa shape index (κ3) is 2.19. The van der Waals surface area contributed by atoms with Crippen molar-refractivity contribution in [3.05, 3.63) is 23.4 Å². The molecule has 1 aromatic rings. The second-order valence-corrected chi connectivity index (χ2v) is 3.46. The zero-order valence-corrected chi connectivity index (χ0v) is 9.00. The molecule has 0 fully saturated rings. The summed E-state index contributed by atoms with van der Waals surface area (Å²) < 4.78 is 5.06. The molecule has 0 aliphatic heterocycles. The number of aryl methyl sites for hydroxylation is 1. The van der Waals surface area contributed by atoms with Gasteiger partial charge in [0.25, 0.3) is 0 Å². The van der Waals surface area contributed by atoms with E-state index in [4.69, 9.17) is 10.00 Å². The molecule has 1 unspecified atom stereocenters. The lowest BCUT2D eigenvalue weighted by atomic mass is 10.2. The quantitative estimate of drug-likeness (QED) is 0.746. The van der Waals surface area contributed by atoms with Crippen molar-refractivity contribution >= 4 is 15.9 Å². The number of nitriles is 1. The van der Waals surface area contributed by atoms with Crippen molar-refractivity contribution in [3.8, 4) is 11.9 Å². The first kappa shape index (κ1) is 10.0. The molecule has 1 heterocycles. The number of rotatable bonds is 2. The van der Waals surface area contributed by atoms with E-state index in [1.54, 1.807) is 7.11 Å². The zero-order valence-electron chi connectivity index (χ0n) is 7.41. The van der Waals surface area contributed by atoms with Gasteiger partial charge in [-0.15, -0.1) is 0 Å². The number of hydrogen-bond acceptors (Lipinski definition) is 3. The van der Waals surface area contributed by atoms with E-state index >= 15 is 0 Å². The monoisotopic (exact) mass is 240 g/mol.